The van der Waals surface area contributed by atoms with Crippen molar-refractivity contribution in [3.63, 3.8) is 0 Å². The summed E-state index contributed by atoms with van der Waals surface area (Å²) in [4.78, 5) is 12.6. The lowest BCUT2D eigenvalue weighted by Crippen LogP contribution is -2.30. The molecule has 0 saturated heterocycles. The van der Waals surface area contributed by atoms with Gasteiger partial charge in [-0.2, -0.15) is 14.0 Å². The number of carbonyl (C=O) groups is 1. The fraction of sp³-hybridized carbons (Fsp3) is 0.194. The van der Waals surface area contributed by atoms with Gasteiger partial charge in [0.05, 0.1) is 24.7 Å². The molecule has 0 aliphatic rings. The average Bonchev–Trinajstić information content (AvgIpc) is 3.02. The van der Waals surface area contributed by atoms with Gasteiger partial charge in [-0.3, -0.25) is 0 Å². The van der Waals surface area contributed by atoms with Gasteiger partial charge in [0, 0.05) is 22.9 Å². The van der Waals surface area contributed by atoms with Gasteiger partial charge in [-0.15, -0.1) is 0 Å². The second-order valence-corrected chi connectivity index (χ2v) is 10.7. The highest BCUT2D eigenvalue weighted by atomic mass is 19.3. The summed E-state index contributed by atoms with van der Waals surface area (Å²) in [5.41, 5.74) is 14.6. The van der Waals surface area contributed by atoms with Crippen LogP contribution in [0.5, 0.6) is 11.5 Å². The fourth-order valence-corrected chi connectivity index (χ4v) is 4.55. The third kappa shape index (κ3) is 10.1. The number of benzene rings is 4. The maximum absolute atomic E-state index is 14.7. The molecule has 7 nitrogen and oxygen atoms in total. The number of rotatable bonds is 14. The Labute approximate surface area is 261 Å². The second kappa shape index (κ2) is 14.9. The highest BCUT2D eigenvalue weighted by Gasteiger charge is 2.34. The third-order valence-electron chi connectivity index (χ3n) is 6.85. The molecule has 0 amide bonds. The van der Waals surface area contributed by atoms with Gasteiger partial charge in [-0.1, -0.05) is 36.4 Å². The van der Waals surface area contributed by atoms with Crippen molar-refractivity contribution in [2.45, 2.75) is 25.4 Å². The molecule has 45 heavy (non-hydrogen) atoms. The number of alkyl halides is 2. The maximum Gasteiger partial charge on any atom is 0.426 e. The molecule has 0 spiro atoms. The topological polar surface area (TPSA) is 121 Å². The number of nitrogen functional groups attached to an aromatic ring is 2. The zero-order valence-electron chi connectivity index (χ0n) is 24.6. The van der Waals surface area contributed by atoms with Crippen LogP contribution >= 0.6 is 0 Å². The molecule has 4 N–H and O–H groups in total. The standard InChI is InChI=1S/C36H34F2N3O4/c1-35(23-27-3-12-30(40)13-4-27,24-28-5-14-31(41)15-6-28)25-44-34(42)20-9-26-7-16-33(17-8-26)45-36(37,38)29-10-18-32(19-11-29)43-22-2-21-39/h3-20H,1-2,22-25,40-41H2/b20-9+. The molecule has 4 aromatic rings. The maximum atomic E-state index is 14.7. The van der Waals surface area contributed by atoms with Crippen molar-refractivity contribution in [1.29, 1.82) is 5.26 Å². The molecule has 0 bridgehead atoms. The smallest absolute Gasteiger partial charge is 0.426 e. The number of anilines is 2. The average molecular weight is 611 g/mol. The molecule has 4 rings (SSSR count). The molecule has 0 fully saturated rings. The van der Waals surface area contributed by atoms with Crippen LogP contribution in [0.25, 0.3) is 6.08 Å². The summed E-state index contributed by atoms with van der Waals surface area (Å²) >= 11 is 0. The summed E-state index contributed by atoms with van der Waals surface area (Å²) < 4.78 is 45.3. The second-order valence-electron chi connectivity index (χ2n) is 10.7. The molecular weight excluding hydrogens is 576 g/mol. The van der Waals surface area contributed by atoms with Crippen LogP contribution in [0.4, 0.5) is 20.2 Å². The van der Waals surface area contributed by atoms with Crippen LogP contribution in [0, 0.1) is 23.7 Å². The molecule has 4 aromatic carbocycles. The highest BCUT2D eigenvalue weighted by molar-refractivity contribution is 5.87. The van der Waals surface area contributed by atoms with Gasteiger partial charge in [-0.25, -0.2) is 4.79 Å². The van der Waals surface area contributed by atoms with Crippen molar-refractivity contribution in [2.24, 2.45) is 5.41 Å². The van der Waals surface area contributed by atoms with Crippen LogP contribution in [0.1, 0.15) is 28.7 Å². The number of esters is 1. The summed E-state index contributed by atoms with van der Waals surface area (Å²) in [7, 11) is 0. The van der Waals surface area contributed by atoms with E-state index in [0.29, 0.717) is 35.5 Å². The third-order valence-corrected chi connectivity index (χ3v) is 6.85. The summed E-state index contributed by atoms with van der Waals surface area (Å²) in [5.74, 6) is -0.241. The van der Waals surface area contributed by atoms with Gasteiger partial charge in [0.1, 0.15) is 18.1 Å². The van der Waals surface area contributed by atoms with Gasteiger partial charge in [0.15, 0.2) is 0 Å². The van der Waals surface area contributed by atoms with Crippen LogP contribution in [0.15, 0.2) is 103 Å². The van der Waals surface area contributed by atoms with E-state index in [2.05, 4.69) is 6.92 Å². The summed E-state index contributed by atoms with van der Waals surface area (Å²) in [6.07, 6.45) is 0.492. The zero-order chi connectivity index (χ0) is 32.3. The number of nitrogens with two attached hydrogens (primary N) is 2. The van der Waals surface area contributed by atoms with Crippen LogP contribution < -0.4 is 20.9 Å². The fourth-order valence-electron chi connectivity index (χ4n) is 4.55. The molecule has 0 atom stereocenters. The van der Waals surface area contributed by atoms with E-state index < -0.39 is 17.5 Å². The van der Waals surface area contributed by atoms with E-state index in [0.717, 1.165) is 11.1 Å². The molecule has 1 radical (unpaired) electrons. The Morgan fingerprint density at radius 1 is 0.822 bits per heavy atom. The monoisotopic (exact) mass is 610 g/mol. The summed E-state index contributed by atoms with van der Waals surface area (Å²) in [5, 5.41) is 8.57. The minimum Gasteiger partial charge on any atom is -0.493 e. The first kappa shape index (κ1) is 32.6. The Balaban J connectivity index is 1.34. The van der Waals surface area contributed by atoms with Crippen molar-refractivity contribution in [1.82, 2.24) is 0 Å². The molecule has 0 heterocycles. The predicted molar refractivity (Wildman–Crippen MR) is 170 cm³/mol. The first-order valence-corrected chi connectivity index (χ1v) is 14.2. The van der Waals surface area contributed by atoms with Crippen molar-refractivity contribution < 1.29 is 27.8 Å². The molecule has 0 aliphatic heterocycles. The number of hydrogen-bond donors (Lipinski definition) is 2. The Morgan fingerprint density at radius 3 is 1.89 bits per heavy atom. The lowest BCUT2D eigenvalue weighted by atomic mass is 9.79. The number of ether oxygens (including phenoxy) is 3. The highest BCUT2D eigenvalue weighted by Crippen LogP contribution is 2.33. The van der Waals surface area contributed by atoms with E-state index in [1.807, 2.05) is 54.6 Å². The normalized spacial score (nSPS) is 11.6. The van der Waals surface area contributed by atoms with Gasteiger partial charge in [0.25, 0.3) is 0 Å². The summed E-state index contributed by atoms with van der Waals surface area (Å²) in [6.45, 7) is 4.65. The van der Waals surface area contributed by atoms with Crippen molar-refractivity contribution in [3.05, 3.63) is 132 Å². The molecule has 0 unspecified atom stereocenters. The van der Waals surface area contributed by atoms with Gasteiger partial charge in [0.2, 0.25) is 0 Å². The van der Waals surface area contributed by atoms with Gasteiger partial charge in [-0.05, 0) is 103 Å². The largest absolute Gasteiger partial charge is 0.493 e. The molecule has 231 valence electrons. The van der Waals surface area contributed by atoms with Crippen molar-refractivity contribution in [2.75, 3.05) is 24.7 Å². The minimum absolute atomic E-state index is 0.0544. The van der Waals surface area contributed by atoms with E-state index in [1.165, 1.54) is 48.6 Å². The lowest BCUT2D eigenvalue weighted by Gasteiger charge is -2.29. The molecule has 0 aromatic heterocycles. The quantitative estimate of drug-likeness (QED) is 0.0674. The number of nitrogens with zero attached hydrogens (tertiary/aromatic N) is 1. The number of halogens is 2. The van der Waals surface area contributed by atoms with Crippen molar-refractivity contribution in [3.8, 4) is 17.6 Å². The Hall–Kier alpha value is -5.36. The SMILES string of the molecule is [CH2]C(COC(=O)/C=C/c1ccc(OC(F)(F)c2ccc(OCCC#N)cc2)cc1)(Cc1ccc(N)cc1)Cc1ccc(N)cc1. The molecule has 0 saturated carbocycles. The minimum atomic E-state index is -3.59. The van der Waals surface area contributed by atoms with E-state index in [-0.39, 0.29) is 30.9 Å². The summed E-state index contributed by atoms with van der Waals surface area (Å²) in [6, 6.07) is 28.0. The predicted octanol–water partition coefficient (Wildman–Crippen LogP) is 7.13. The van der Waals surface area contributed by atoms with Crippen LogP contribution in [-0.4, -0.2) is 19.2 Å². The van der Waals surface area contributed by atoms with Gasteiger partial charge < -0.3 is 25.7 Å². The number of carbonyl (C=O) groups excluding carboxylic acids is 1. The first-order valence-electron chi connectivity index (χ1n) is 14.2. The molecule has 0 aliphatic carbocycles. The Morgan fingerprint density at radius 2 is 1.36 bits per heavy atom. The van der Waals surface area contributed by atoms with Gasteiger partial charge >= 0.3 is 12.1 Å². The Kier molecular flexibility index (Phi) is 10.8. The zero-order valence-corrected chi connectivity index (χ0v) is 24.6. The van der Waals surface area contributed by atoms with Crippen LogP contribution in [0.2, 0.25) is 0 Å². The Bertz CT molecular complexity index is 1570. The van der Waals surface area contributed by atoms with E-state index >= 15 is 0 Å². The first-order chi connectivity index (χ1) is 21.5. The molecular formula is C36H34F2N3O4. The van der Waals surface area contributed by atoms with E-state index in [1.54, 1.807) is 12.1 Å². The van der Waals surface area contributed by atoms with Crippen LogP contribution in [0.3, 0.4) is 0 Å². The van der Waals surface area contributed by atoms with Crippen LogP contribution in [-0.2, 0) is 28.5 Å². The van der Waals surface area contributed by atoms with E-state index in [4.69, 9.17) is 30.9 Å². The van der Waals surface area contributed by atoms with E-state index in [9.17, 15) is 13.6 Å². The molecule has 9 heteroatoms. The number of hydrogen-bond acceptors (Lipinski definition) is 7. The number of nitriles is 1. The lowest BCUT2D eigenvalue weighted by molar-refractivity contribution is -0.185. The van der Waals surface area contributed by atoms with Crippen molar-refractivity contribution >= 4 is 23.4 Å².